The molecule has 0 bridgehead atoms. The second-order valence-electron chi connectivity index (χ2n) is 4.13. The molecule has 0 aliphatic heterocycles. The van der Waals surface area contributed by atoms with Crippen molar-refractivity contribution in [1.29, 1.82) is 5.26 Å². The summed E-state index contributed by atoms with van der Waals surface area (Å²) in [5.41, 5.74) is 4.97. The van der Waals surface area contributed by atoms with Crippen LogP contribution in [0, 0.1) is 11.3 Å². The van der Waals surface area contributed by atoms with Crippen LogP contribution in [0.1, 0.15) is 16.8 Å². The van der Waals surface area contributed by atoms with E-state index >= 15 is 0 Å². The van der Waals surface area contributed by atoms with Gasteiger partial charge >= 0.3 is 6.18 Å². The molecule has 0 saturated heterocycles. The highest BCUT2D eigenvalue weighted by molar-refractivity contribution is 5.47. The first-order chi connectivity index (χ1) is 9.45. The molecule has 0 aliphatic rings. The maximum absolute atomic E-state index is 12.9. The van der Waals surface area contributed by atoms with E-state index in [4.69, 9.17) is 11.0 Å². The summed E-state index contributed by atoms with van der Waals surface area (Å²) in [5, 5.41) is 12.9. The van der Waals surface area contributed by atoms with Gasteiger partial charge in [-0.15, -0.1) is 0 Å². The Balaban J connectivity index is 2.45. The van der Waals surface area contributed by atoms with E-state index in [1.807, 2.05) is 0 Å². The number of nitrogens with two attached hydrogens (primary N) is 1. The van der Waals surface area contributed by atoms with E-state index in [0.717, 1.165) is 12.1 Å². The van der Waals surface area contributed by atoms with Crippen LogP contribution < -0.4 is 5.73 Å². The summed E-state index contributed by atoms with van der Waals surface area (Å²) in [4.78, 5) is 0. The summed E-state index contributed by atoms with van der Waals surface area (Å²) < 4.78 is 39.9. The Labute approximate surface area is 113 Å². The Bertz CT molecular complexity index is 652. The fourth-order valence-corrected chi connectivity index (χ4v) is 1.79. The van der Waals surface area contributed by atoms with Crippen LogP contribution in [0.4, 0.5) is 13.2 Å². The van der Waals surface area contributed by atoms with Gasteiger partial charge in [-0.2, -0.15) is 23.5 Å². The Morgan fingerprint density at radius 2 is 2.05 bits per heavy atom. The molecule has 4 nitrogen and oxygen atoms in total. The minimum absolute atomic E-state index is 0.250. The molecule has 2 N–H and O–H groups in total. The van der Waals surface area contributed by atoms with Crippen molar-refractivity contribution < 1.29 is 13.2 Å². The van der Waals surface area contributed by atoms with Crippen LogP contribution in [-0.4, -0.2) is 16.3 Å². The highest BCUT2D eigenvalue weighted by Crippen LogP contribution is 2.33. The van der Waals surface area contributed by atoms with E-state index < -0.39 is 17.3 Å². The average Bonchev–Trinajstić information content (AvgIpc) is 2.86. The highest BCUT2D eigenvalue weighted by atomic mass is 19.4. The van der Waals surface area contributed by atoms with Crippen molar-refractivity contribution in [3.8, 4) is 11.8 Å². The zero-order chi connectivity index (χ0) is 14.8. The number of alkyl halides is 3. The van der Waals surface area contributed by atoms with Crippen LogP contribution in [0.2, 0.25) is 0 Å². The van der Waals surface area contributed by atoms with Crippen LogP contribution in [0.3, 0.4) is 0 Å². The number of rotatable bonds is 3. The minimum atomic E-state index is -4.58. The lowest BCUT2D eigenvalue weighted by Gasteiger charge is -2.10. The van der Waals surface area contributed by atoms with E-state index in [-0.39, 0.29) is 5.69 Å². The molecule has 1 aromatic heterocycles. The van der Waals surface area contributed by atoms with Gasteiger partial charge in [-0.3, -0.25) is 0 Å². The van der Waals surface area contributed by atoms with Crippen molar-refractivity contribution in [2.45, 2.75) is 12.6 Å². The molecule has 0 spiro atoms. The molecule has 0 aliphatic carbocycles. The topological polar surface area (TPSA) is 67.6 Å². The van der Waals surface area contributed by atoms with Gasteiger partial charge in [0, 0.05) is 12.6 Å². The molecule has 20 heavy (non-hydrogen) atoms. The molecular formula is C13H11F3N4. The van der Waals surface area contributed by atoms with Crippen LogP contribution >= 0.6 is 0 Å². The molecule has 2 aromatic rings. The van der Waals surface area contributed by atoms with Crippen LogP contribution in [0.25, 0.3) is 5.69 Å². The lowest BCUT2D eigenvalue weighted by atomic mass is 10.1. The number of nitrogens with zero attached hydrogens (tertiary/aromatic N) is 3. The van der Waals surface area contributed by atoms with Gasteiger partial charge in [-0.25, -0.2) is 4.68 Å². The Hall–Kier alpha value is -2.33. The lowest BCUT2D eigenvalue weighted by molar-refractivity contribution is -0.137. The van der Waals surface area contributed by atoms with Crippen molar-refractivity contribution in [1.82, 2.24) is 9.78 Å². The molecule has 7 heteroatoms. The number of nitriles is 1. The zero-order valence-electron chi connectivity index (χ0n) is 10.4. The van der Waals surface area contributed by atoms with Gasteiger partial charge < -0.3 is 5.73 Å². The highest BCUT2D eigenvalue weighted by Gasteiger charge is 2.34. The third-order valence-corrected chi connectivity index (χ3v) is 2.74. The maximum atomic E-state index is 12.9. The number of aromatic nitrogens is 2. The Morgan fingerprint density at radius 3 is 2.65 bits per heavy atom. The second kappa shape index (κ2) is 5.35. The predicted octanol–water partition coefficient (Wildman–Crippen LogP) is 2.26. The largest absolute Gasteiger partial charge is 0.417 e. The van der Waals surface area contributed by atoms with Crippen molar-refractivity contribution in [2.24, 2.45) is 5.73 Å². The van der Waals surface area contributed by atoms with Crippen molar-refractivity contribution in [2.75, 3.05) is 6.54 Å². The first kappa shape index (κ1) is 14.1. The third-order valence-electron chi connectivity index (χ3n) is 2.74. The van der Waals surface area contributed by atoms with Crippen LogP contribution in [0.5, 0.6) is 0 Å². The van der Waals surface area contributed by atoms with Gasteiger partial charge in [0.1, 0.15) is 0 Å². The van der Waals surface area contributed by atoms with Crippen LogP contribution in [0.15, 0.2) is 30.5 Å². The molecule has 0 saturated carbocycles. The summed E-state index contributed by atoms with van der Waals surface area (Å²) in [6.07, 6.45) is -2.46. The predicted molar refractivity (Wildman–Crippen MR) is 66.0 cm³/mol. The van der Waals surface area contributed by atoms with Crippen molar-refractivity contribution >= 4 is 0 Å². The summed E-state index contributed by atoms with van der Waals surface area (Å²) in [6, 6.07) is 6.71. The zero-order valence-corrected chi connectivity index (χ0v) is 10.4. The first-order valence-electron chi connectivity index (χ1n) is 5.82. The molecule has 0 amide bonds. The van der Waals surface area contributed by atoms with E-state index in [2.05, 4.69) is 5.10 Å². The molecule has 1 aromatic carbocycles. The first-order valence-corrected chi connectivity index (χ1v) is 5.82. The smallest absolute Gasteiger partial charge is 0.330 e. The molecule has 1 heterocycles. The number of hydrogen-bond acceptors (Lipinski definition) is 3. The lowest BCUT2D eigenvalue weighted by Crippen LogP contribution is -2.09. The summed E-state index contributed by atoms with van der Waals surface area (Å²) in [6.45, 7) is 0.415. The normalized spacial score (nSPS) is 11.3. The molecule has 0 radical (unpaired) electrons. The molecule has 2 rings (SSSR count). The van der Waals surface area contributed by atoms with Gasteiger partial charge in [0.2, 0.25) is 0 Å². The van der Waals surface area contributed by atoms with Crippen LogP contribution in [-0.2, 0) is 12.6 Å². The standard InChI is InChI=1S/C13H11F3N4/c14-13(15,16)12-7-11(2-1-9(12)8-18)20-6-4-10(19-20)3-5-17/h1-2,4,6-7H,3,5,17H2. The van der Waals surface area contributed by atoms with E-state index in [1.165, 1.54) is 10.7 Å². The summed E-state index contributed by atoms with van der Waals surface area (Å²) in [7, 11) is 0. The fourth-order valence-electron chi connectivity index (χ4n) is 1.79. The van der Waals surface area contributed by atoms with Gasteiger partial charge in [0.05, 0.1) is 28.6 Å². The molecule has 0 fully saturated rings. The average molecular weight is 280 g/mol. The summed E-state index contributed by atoms with van der Waals surface area (Å²) >= 11 is 0. The van der Waals surface area contributed by atoms with E-state index in [0.29, 0.717) is 18.7 Å². The number of halogens is 3. The van der Waals surface area contributed by atoms with Gasteiger partial charge in [-0.05, 0) is 30.8 Å². The quantitative estimate of drug-likeness (QED) is 0.937. The third kappa shape index (κ3) is 2.81. The van der Waals surface area contributed by atoms with Gasteiger partial charge in [-0.1, -0.05) is 0 Å². The van der Waals surface area contributed by atoms with Crippen molar-refractivity contribution in [3.63, 3.8) is 0 Å². The number of hydrogen-bond donors (Lipinski definition) is 1. The second-order valence-corrected chi connectivity index (χ2v) is 4.13. The van der Waals surface area contributed by atoms with Crippen molar-refractivity contribution in [3.05, 3.63) is 47.3 Å². The molecule has 0 unspecified atom stereocenters. The Kier molecular flexibility index (Phi) is 3.77. The molecule has 104 valence electrons. The van der Waals surface area contributed by atoms with E-state index in [1.54, 1.807) is 18.3 Å². The Morgan fingerprint density at radius 1 is 1.30 bits per heavy atom. The monoisotopic (exact) mass is 280 g/mol. The summed E-state index contributed by atoms with van der Waals surface area (Å²) in [5.74, 6) is 0. The fraction of sp³-hybridized carbons (Fsp3) is 0.231. The van der Waals surface area contributed by atoms with Gasteiger partial charge in [0.15, 0.2) is 0 Å². The molecule has 0 atom stereocenters. The maximum Gasteiger partial charge on any atom is 0.417 e. The van der Waals surface area contributed by atoms with Gasteiger partial charge in [0.25, 0.3) is 0 Å². The minimum Gasteiger partial charge on any atom is -0.330 e. The number of benzene rings is 1. The SMILES string of the molecule is N#Cc1ccc(-n2ccc(CCN)n2)cc1C(F)(F)F. The van der Waals surface area contributed by atoms with E-state index in [9.17, 15) is 13.2 Å². The molecular weight excluding hydrogens is 269 g/mol.